The number of aryl methyl sites for hydroxylation is 1. The number of thiazole rings is 1. The minimum atomic E-state index is -0.798. The Kier molecular flexibility index (Phi) is 5.63. The Balaban J connectivity index is 1.54. The second-order valence-electron chi connectivity index (χ2n) is 6.06. The SMILES string of the molecule is Cc1csc([C@@H](C#N)C(=O)CSc2n[nH]c(CC3CCCC3)n2)n1. The largest absolute Gasteiger partial charge is 0.297 e. The number of H-pyrrole nitrogens is 1. The molecule has 0 aliphatic heterocycles. The number of aromatic nitrogens is 4. The molecule has 0 radical (unpaired) electrons. The van der Waals surface area contributed by atoms with E-state index < -0.39 is 5.92 Å². The van der Waals surface area contributed by atoms with E-state index in [2.05, 4.69) is 26.2 Å². The number of nitrogens with zero attached hydrogens (tertiary/aromatic N) is 4. The van der Waals surface area contributed by atoms with Gasteiger partial charge in [0.2, 0.25) is 5.16 Å². The van der Waals surface area contributed by atoms with Gasteiger partial charge in [-0.2, -0.15) is 5.26 Å². The summed E-state index contributed by atoms with van der Waals surface area (Å²) in [5.41, 5.74) is 0.834. The molecule has 6 nitrogen and oxygen atoms in total. The van der Waals surface area contributed by atoms with Crippen LogP contribution in [0.5, 0.6) is 0 Å². The molecule has 2 heterocycles. The molecule has 0 unspecified atom stereocenters. The zero-order valence-corrected chi connectivity index (χ0v) is 15.1. The molecule has 1 aliphatic carbocycles. The van der Waals surface area contributed by atoms with Crippen LogP contribution in [0.2, 0.25) is 0 Å². The summed E-state index contributed by atoms with van der Waals surface area (Å²) in [6.45, 7) is 1.85. The van der Waals surface area contributed by atoms with Gasteiger partial charge in [-0.3, -0.25) is 9.89 Å². The summed E-state index contributed by atoms with van der Waals surface area (Å²) in [5, 5.41) is 19.4. The number of carbonyl (C=O) groups is 1. The molecule has 24 heavy (non-hydrogen) atoms. The van der Waals surface area contributed by atoms with Crippen molar-refractivity contribution in [2.24, 2.45) is 5.92 Å². The second kappa shape index (κ2) is 7.90. The summed E-state index contributed by atoms with van der Waals surface area (Å²) >= 11 is 2.63. The van der Waals surface area contributed by atoms with Crippen LogP contribution in [0, 0.1) is 24.2 Å². The summed E-state index contributed by atoms with van der Waals surface area (Å²) in [7, 11) is 0. The van der Waals surface area contributed by atoms with Crippen molar-refractivity contribution in [3.63, 3.8) is 0 Å². The van der Waals surface area contributed by atoms with Crippen molar-refractivity contribution >= 4 is 28.9 Å². The molecule has 126 valence electrons. The number of nitrogens with one attached hydrogen (secondary N) is 1. The fraction of sp³-hybridized carbons (Fsp3) is 0.562. The zero-order chi connectivity index (χ0) is 16.9. The maximum absolute atomic E-state index is 12.3. The molecular weight excluding hydrogens is 342 g/mol. The molecule has 1 aliphatic rings. The molecule has 1 fully saturated rings. The third-order valence-corrected chi connectivity index (χ3v) is 6.04. The Morgan fingerprint density at radius 1 is 1.50 bits per heavy atom. The van der Waals surface area contributed by atoms with Gasteiger partial charge in [0.05, 0.1) is 11.8 Å². The van der Waals surface area contributed by atoms with Crippen LogP contribution >= 0.6 is 23.1 Å². The molecule has 0 spiro atoms. The summed E-state index contributed by atoms with van der Waals surface area (Å²) in [6.07, 6.45) is 6.07. The van der Waals surface area contributed by atoms with Gasteiger partial charge >= 0.3 is 0 Å². The minimum absolute atomic E-state index is 0.154. The van der Waals surface area contributed by atoms with E-state index in [-0.39, 0.29) is 11.5 Å². The topological polar surface area (TPSA) is 95.3 Å². The highest BCUT2D eigenvalue weighted by Gasteiger charge is 2.24. The maximum atomic E-state index is 12.3. The van der Waals surface area contributed by atoms with Crippen LogP contribution < -0.4 is 0 Å². The molecule has 2 aromatic rings. The molecule has 0 amide bonds. The van der Waals surface area contributed by atoms with Gasteiger partial charge in [-0.25, -0.2) is 9.97 Å². The number of hydrogen-bond acceptors (Lipinski definition) is 7. The molecule has 2 aromatic heterocycles. The Labute approximate surface area is 149 Å². The van der Waals surface area contributed by atoms with Crippen molar-refractivity contribution in [3.05, 3.63) is 21.9 Å². The first-order valence-electron chi connectivity index (χ1n) is 8.04. The standard InChI is InChI=1S/C16H19N5OS2/c1-10-8-23-15(18-10)12(7-17)13(22)9-24-16-19-14(20-21-16)6-11-4-2-3-5-11/h8,11-12H,2-6,9H2,1H3,(H,19,20,21)/t12-/m0/s1. The lowest BCUT2D eigenvalue weighted by Crippen LogP contribution is -2.13. The highest BCUT2D eigenvalue weighted by Crippen LogP contribution is 2.28. The number of rotatable bonds is 7. The third-order valence-electron chi connectivity index (χ3n) is 4.15. The van der Waals surface area contributed by atoms with E-state index >= 15 is 0 Å². The normalized spacial score (nSPS) is 16.2. The van der Waals surface area contributed by atoms with Crippen LogP contribution in [-0.4, -0.2) is 31.7 Å². The van der Waals surface area contributed by atoms with E-state index in [9.17, 15) is 10.1 Å². The summed E-state index contributed by atoms with van der Waals surface area (Å²) < 4.78 is 0. The first kappa shape index (κ1) is 17.1. The Morgan fingerprint density at radius 2 is 2.29 bits per heavy atom. The Hall–Kier alpha value is -1.72. The number of ketones is 1. The fourth-order valence-corrected chi connectivity index (χ4v) is 4.49. The minimum Gasteiger partial charge on any atom is -0.297 e. The molecule has 0 aromatic carbocycles. The maximum Gasteiger partial charge on any atom is 0.208 e. The molecule has 3 rings (SSSR count). The number of aromatic amines is 1. The molecule has 1 N–H and O–H groups in total. The van der Waals surface area contributed by atoms with Crippen molar-refractivity contribution in [1.82, 2.24) is 20.2 Å². The van der Waals surface area contributed by atoms with Gasteiger partial charge < -0.3 is 0 Å². The lowest BCUT2D eigenvalue weighted by molar-refractivity contribution is -0.116. The molecule has 8 heteroatoms. The Morgan fingerprint density at radius 3 is 2.96 bits per heavy atom. The number of carbonyl (C=O) groups excluding carboxylic acids is 1. The average molecular weight is 361 g/mol. The molecular formula is C16H19N5OS2. The van der Waals surface area contributed by atoms with Crippen LogP contribution in [0.25, 0.3) is 0 Å². The zero-order valence-electron chi connectivity index (χ0n) is 13.5. The van der Waals surface area contributed by atoms with Crippen molar-refractivity contribution in [2.75, 3.05) is 5.75 Å². The molecule has 0 saturated heterocycles. The van der Waals surface area contributed by atoms with E-state index in [0.29, 0.717) is 16.1 Å². The highest BCUT2D eigenvalue weighted by atomic mass is 32.2. The highest BCUT2D eigenvalue weighted by molar-refractivity contribution is 7.99. The fourth-order valence-electron chi connectivity index (χ4n) is 2.91. The second-order valence-corrected chi connectivity index (χ2v) is 7.90. The van der Waals surface area contributed by atoms with Crippen LogP contribution in [0.1, 0.15) is 48.1 Å². The van der Waals surface area contributed by atoms with Gasteiger partial charge in [0.1, 0.15) is 10.8 Å². The number of hydrogen-bond donors (Lipinski definition) is 1. The lowest BCUT2D eigenvalue weighted by Gasteiger charge is -2.04. The summed E-state index contributed by atoms with van der Waals surface area (Å²) in [5.74, 6) is 0.822. The van der Waals surface area contributed by atoms with Crippen LogP contribution in [0.4, 0.5) is 0 Å². The smallest absolute Gasteiger partial charge is 0.208 e. The lowest BCUT2D eigenvalue weighted by atomic mass is 10.0. The van der Waals surface area contributed by atoms with E-state index in [0.717, 1.165) is 17.9 Å². The first-order valence-corrected chi connectivity index (χ1v) is 9.90. The van der Waals surface area contributed by atoms with Gasteiger partial charge in [0, 0.05) is 17.5 Å². The van der Waals surface area contributed by atoms with Crippen LogP contribution in [0.15, 0.2) is 10.5 Å². The van der Waals surface area contributed by atoms with Gasteiger partial charge in [-0.1, -0.05) is 37.4 Å². The van der Waals surface area contributed by atoms with E-state index in [4.69, 9.17) is 0 Å². The number of Topliss-reactive ketones (excluding diaryl/α,β-unsaturated/α-hetero) is 1. The van der Waals surface area contributed by atoms with E-state index in [1.54, 1.807) is 0 Å². The molecule has 1 atom stereocenters. The van der Waals surface area contributed by atoms with Crippen molar-refractivity contribution in [2.45, 2.75) is 50.1 Å². The predicted molar refractivity (Wildman–Crippen MR) is 93.0 cm³/mol. The van der Waals surface area contributed by atoms with Gasteiger partial charge in [-0.05, 0) is 12.8 Å². The predicted octanol–water partition coefficient (Wildman–Crippen LogP) is 3.27. The van der Waals surface area contributed by atoms with Crippen molar-refractivity contribution < 1.29 is 4.79 Å². The number of nitriles is 1. The molecule has 1 saturated carbocycles. The van der Waals surface area contributed by atoms with Gasteiger partial charge in [0.15, 0.2) is 11.7 Å². The average Bonchev–Trinajstić information content (AvgIpc) is 3.30. The van der Waals surface area contributed by atoms with Crippen LogP contribution in [-0.2, 0) is 11.2 Å². The number of thioether (sulfide) groups is 1. The van der Waals surface area contributed by atoms with Gasteiger partial charge in [0.25, 0.3) is 0 Å². The van der Waals surface area contributed by atoms with Gasteiger partial charge in [-0.15, -0.1) is 16.4 Å². The summed E-state index contributed by atoms with van der Waals surface area (Å²) in [4.78, 5) is 21.0. The van der Waals surface area contributed by atoms with Crippen molar-refractivity contribution in [1.29, 1.82) is 5.26 Å². The third kappa shape index (κ3) is 4.22. The molecule has 0 bridgehead atoms. The van der Waals surface area contributed by atoms with E-state index in [1.165, 1.54) is 48.8 Å². The summed E-state index contributed by atoms with van der Waals surface area (Å²) in [6, 6.07) is 2.06. The first-order chi connectivity index (χ1) is 11.7. The van der Waals surface area contributed by atoms with E-state index in [1.807, 2.05) is 12.3 Å². The van der Waals surface area contributed by atoms with Crippen molar-refractivity contribution in [3.8, 4) is 6.07 Å². The Bertz CT molecular complexity index is 742. The quantitative estimate of drug-likeness (QED) is 0.761. The monoisotopic (exact) mass is 361 g/mol. The van der Waals surface area contributed by atoms with Crippen LogP contribution in [0.3, 0.4) is 0 Å².